The molecular formula is C15H13ClN2OS2. The van der Waals surface area contributed by atoms with E-state index in [1.165, 1.54) is 21.1 Å². The topological polar surface area (TPSA) is 48.6 Å². The molecule has 0 fully saturated rings. The van der Waals surface area contributed by atoms with Crippen LogP contribution in [-0.2, 0) is 12.2 Å². The van der Waals surface area contributed by atoms with Gasteiger partial charge in [-0.05, 0) is 41.5 Å². The van der Waals surface area contributed by atoms with Crippen LogP contribution in [0.5, 0.6) is 0 Å². The van der Waals surface area contributed by atoms with Gasteiger partial charge in [0.15, 0.2) is 0 Å². The Hall–Kier alpha value is -1.17. The number of halogens is 1. The van der Waals surface area contributed by atoms with Crippen LogP contribution in [0.3, 0.4) is 0 Å². The Morgan fingerprint density at radius 1 is 1.19 bits per heavy atom. The molecule has 3 aromatic rings. The monoisotopic (exact) mass is 336 g/mol. The van der Waals surface area contributed by atoms with E-state index in [-0.39, 0.29) is 11.1 Å². The van der Waals surface area contributed by atoms with Crippen LogP contribution in [0.2, 0.25) is 0 Å². The predicted octanol–water partition coefficient (Wildman–Crippen LogP) is 4.04. The first kappa shape index (κ1) is 13.5. The second kappa shape index (κ2) is 5.23. The van der Waals surface area contributed by atoms with Gasteiger partial charge in [-0.3, -0.25) is 0 Å². The lowest BCUT2D eigenvalue weighted by Crippen LogP contribution is -1.99. The van der Waals surface area contributed by atoms with Crippen molar-refractivity contribution in [2.75, 3.05) is 5.75 Å². The number of hydrogen-bond donors (Lipinski definition) is 2. The fraction of sp³-hybridized carbons (Fsp3) is 0.267. The summed E-state index contributed by atoms with van der Waals surface area (Å²) in [6, 6.07) is 8.09. The molecule has 0 spiro atoms. The molecule has 1 aliphatic heterocycles. The third-order valence-electron chi connectivity index (χ3n) is 3.73. The van der Waals surface area contributed by atoms with Crippen LogP contribution in [0.15, 0.2) is 29.1 Å². The second-order valence-corrected chi connectivity index (χ2v) is 7.86. The van der Waals surface area contributed by atoms with Gasteiger partial charge in [-0.15, -0.1) is 22.9 Å². The van der Waals surface area contributed by atoms with E-state index in [0.29, 0.717) is 0 Å². The molecule has 1 unspecified atom stereocenters. The smallest absolute Gasteiger partial charge is 0.306 e. The molecule has 1 aliphatic rings. The van der Waals surface area contributed by atoms with Crippen LogP contribution in [0.1, 0.15) is 26.3 Å². The lowest BCUT2D eigenvalue weighted by molar-refractivity contribution is 1.13. The van der Waals surface area contributed by atoms with Crippen molar-refractivity contribution < 1.29 is 0 Å². The maximum atomic E-state index is 11.3. The normalized spacial score (nSPS) is 16.0. The number of imidazole rings is 1. The van der Waals surface area contributed by atoms with Gasteiger partial charge in [0.2, 0.25) is 0 Å². The number of rotatable bonds is 2. The minimum atomic E-state index is -0.183. The average Bonchev–Trinajstić information content (AvgIpc) is 3.07. The quantitative estimate of drug-likeness (QED) is 0.694. The van der Waals surface area contributed by atoms with Gasteiger partial charge >= 0.3 is 5.69 Å². The summed E-state index contributed by atoms with van der Waals surface area (Å²) in [5, 5.41) is -0.159. The van der Waals surface area contributed by atoms with Crippen LogP contribution in [0, 0.1) is 0 Å². The van der Waals surface area contributed by atoms with E-state index in [0.717, 1.165) is 28.8 Å². The molecule has 0 saturated carbocycles. The molecule has 21 heavy (non-hydrogen) atoms. The van der Waals surface area contributed by atoms with Crippen molar-refractivity contribution in [3.05, 3.63) is 55.6 Å². The zero-order chi connectivity index (χ0) is 14.4. The number of H-pyrrole nitrogens is 2. The molecule has 3 heterocycles. The fourth-order valence-corrected chi connectivity index (χ4v) is 5.38. The van der Waals surface area contributed by atoms with E-state index < -0.39 is 0 Å². The number of nitrogens with one attached hydrogen (secondary N) is 2. The lowest BCUT2D eigenvalue weighted by atomic mass is 10.1. The molecule has 0 bridgehead atoms. The zero-order valence-corrected chi connectivity index (χ0v) is 13.5. The van der Waals surface area contributed by atoms with Crippen molar-refractivity contribution in [3.63, 3.8) is 0 Å². The van der Waals surface area contributed by atoms with E-state index >= 15 is 0 Å². The van der Waals surface area contributed by atoms with E-state index in [1.54, 1.807) is 0 Å². The molecule has 6 heteroatoms. The Kier molecular flexibility index (Phi) is 3.36. The first-order chi connectivity index (χ1) is 10.2. The first-order valence-corrected chi connectivity index (χ1v) is 9.17. The lowest BCUT2D eigenvalue weighted by Gasteiger charge is -2.08. The van der Waals surface area contributed by atoms with Gasteiger partial charge in [0.25, 0.3) is 0 Å². The van der Waals surface area contributed by atoms with Gasteiger partial charge in [-0.1, -0.05) is 6.07 Å². The molecule has 0 aliphatic carbocycles. The number of thioether (sulfide) groups is 1. The van der Waals surface area contributed by atoms with Crippen LogP contribution in [0.25, 0.3) is 11.0 Å². The molecular weight excluding hydrogens is 324 g/mol. The Morgan fingerprint density at radius 3 is 2.90 bits per heavy atom. The minimum Gasteiger partial charge on any atom is -0.306 e. The summed E-state index contributed by atoms with van der Waals surface area (Å²) >= 11 is 10.5. The summed E-state index contributed by atoms with van der Waals surface area (Å²) in [5.41, 5.74) is 3.89. The summed E-state index contributed by atoms with van der Waals surface area (Å²) in [6.45, 7) is 0. The number of aryl methyl sites for hydroxylation is 1. The molecule has 1 atom stereocenters. The Balaban J connectivity index is 1.73. The molecule has 1 aromatic carbocycles. The standard InChI is InChI=1S/C15H13ClN2OS2/c16-14(13-6-9-7-20-4-3-12(9)21-13)8-1-2-10-11(5-8)18-15(19)17-10/h1-2,5-6,14H,3-4,7H2,(H2,17,18,19). The van der Waals surface area contributed by atoms with E-state index in [1.807, 2.05) is 41.3 Å². The zero-order valence-electron chi connectivity index (χ0n) is 11.1. The number of aromatic amines is 2. The molecule has 0 amide bonds. The van der Waals surface area contributed by atoms with E-state index in [4.69, 9.17) is 11.6 Å². The number of benzene rings is 1. The molecule has 3 nitrogen and oxygen atoms in total. The highest BCUT2D eigenvalue weighted by molar-refractivity contribution is 7.98. The van der Waals surface area contributed by atoms with Crippen LogP contribution in [0.4, 0.5) is 0 Å². The van der Waals surface area contributed by atoms with Crippen molar-refractivity contribution >= 4 is 45.7 Å². The van der Waals surface area contributed by atoms with Crippen molar-refractivity contribution in [1.29, 1.82) is 0 Å². The number of hydrogen-bond acceptors (Lipinski definition) is 3. The van der Waals surface area contributed by atoms with E-state index in [2.05, 4.69) is 16.0 Å². The Labute approximate surface area is 134 Å². The number of thiophene rings is 1. The van der Waals surface area contributed by atoms with Crippen molar-refractivity contribution in [1.82, 2.24) is 9.97 Å². The highest BCUT2D eigenvalue weighted by Gasteiger charge is 2.19. The van der Waals surface area contributed by atoms with Crippen molar-refractivity contribution in [3.8, 4) is 0 Å². The average molecular weight is 337 g/mol. The maximum Gasteiger partial charge on any atom is 0.323 e. The minimum absolute atomic E-state index is 0.159. The summed E-state index contributed by atoms with van der Waals surface area (Å²) < 4.78 is 0. The van der Waals surface area contributed by atoms with Gasteiger partial charge < -0.3 is 9.97 Å². The molecule has 0 radical (unpaired) electrons. The molecule has 2 aromatic heterocycles. The number of aromatic nitrogens is 2. The fourth-order valence-electron chi connectivity index (χ4n) is 2.67. The van der Waals surface area contributed by atoms with E-state index in [9.17, 15) is 4.79 Å². The highest BCUT2D eigenvalue weighted by Crippen LogP contribution is 2.39. The van der Waals surface area contributed by atoms with Crippen molar-refractivity contribution in [2.45, 2.75) is 17.6 Å². The number of fused-ring (bicyclic) bond motifs is 2. The Morgan fingerprint density at radius 2 is 2.05 bits per heavy atom. The summed E-state index contributed by atoms with van der Waals surface area (Å²) in [4.78, 5) is 19.5. The Bertz CT molecular complexity index is 841. The van der Waals surface area contributed by atoms with Gasteiger partial charge in [0.1, 0.15) is 0 Å². The molecule has 4 rings (SSSR count). The van der Waals surface area contributed by atoms with Gasteiger partial charge in [0, 0.05) is 15.5 Å². The van der Waals surface area contributed by atoms with Crippen LogP contribution < -0.4 is 5.69 Å². The predicted molar refractivity (Wildman–Crippen MR) is 90.8 cm³/mol. The SMILES string of the molecule is O=c1[nH]c2ccc(C(Cl)c3cc4c(s3)CCSC4)cc2[nH]1. The summed E-state index contributed by atoms with van der Waals surface area (Å²) in [5.74, 6) is 2.30. The summed E-state index contributed by atoms with van der Waals surface area (Å²) in [6.07, 6.45) is 1.15. The maximum absolute atomic E-state index is 11.3. The van der Waals surface area contributed by atoms with Crippen molar-refractivity contribution in [2.24, 2.45) is 0 Å². The molecule has 2 N–H and O–H groups in total. The van der Waals surface area contributed by atoms with Crippen LogP contribution >= 0.6 is 34.7 Å². The van der Waals surface area contributed by atoms with Gasteiger partial charge in [-0.2, -0.15) is 11.8 Å². The van der Waals surface area contributed by atoms with Gasteiger partial charge in [0.05, 0.1) is 16.4 Å². The first-order valence-electron chi connectivity index (χ1n) is 6.76. The largest absolute Gasteiger partial charge is 0.323 e. The highest BCUT2D eigenvalue weighted by atomic mass is 35.5. The summed E-state index contributed by atoms with van der Waals surface area (Å²) in [7, 11) is 0. The second-order valence-electron chi connectivity index (χ2n) is 5.15. The molecule has 108 valence electrons. The third kappa shape index (κ3) is 2.43. The third-order valence-corrected chi connectivity index (χ3v) is 6.66. The van der Waals surface area contributed by atoms with Crippen LogP contribution in [-0.4, -0.2) is 15.7 Å². The molecule has 0 saturated heterocycles. The van der Waals surface area contributed by atoms with Gasteiger partial charge in [-0.25, -0.2) is 4.79 Å². The number of alkyl halides is 1.